The second-order valence-electron chi connectivity index (χ2n) is 3.09. The molecule has 0 aromatic heterocycles. The third-order valence-corrected chi connectivity index (χ3v) is 1.75. The van der Waals surface area contributed by atoms with Crippen molar-refractivity contribution in [2.45, 2.75) is 6.92 Å². The van der Waals surface area contributed by atoms with Crippen LogP contribution in [0.15, 0.2) is 24.3 Å². The summed E-state index contributed by atoms with van der Waals surface area (Å²) >= 11 is 0. The highest BCUT2D eigenvalue weighted by Crippen LogP contribution is 2.11. The summed E-state index contributed by atoms with van der Waals surface area (Å²) in [7, 11) is 0. The number of amides is 1. The van der Waals surface area contributed by atoms with Crippen LogP contribution in [-0.2, 0) is 4.79 Å². The Morgan fingerprint density at radius 3 is 3.07 bits per heavy atom. The van der Waals surface area contributed by atoms with Crippen LogP contribution in [0.4, 0.5) is 0 Å². The van der Waals surface area contributed by atoms with E-state index in [0.717, 1.165) is 5.56 Å². The molecule has 0 fully saturated rings. The molecule has 0 aliphatic carbocycles. The van der Waals surface area contributed by atoms with Crippen molar-refractivity contribution in [3.63, 3.8) is 0 Å². The minimum Gasteiger partial charge on any atom is -0.484 e. The molecule has 0 radical (unpaired) electrons. The number of carbonyl (C=O) groups excluding carboxylic acids is 1. The van der Waals surface area contributed by atoms with Crippen LogP contribution in [0.25, 0.3) is 0 Å². The molecule has 0 aliphatic heterocycles. The average Bonchev–Trinajstić information content (AvgIpc) is 2.23. The van der Waals surface area contributed by atoms with Crippen LogP contribution < -0.4 is 10.1 Å². The van der Waals surface area contributed by atoms with E-state index in [-0.39, 0.29) is 19.1 Å². The van der Waals surface area contributed by atoms with Gasteiger partial charge in [0.25, 0.3) is 5.91 Å². The number of carbonyl (C=O) groups is 1. The Hall–Kier alpha value is -1.95. The van der Waals surface area contributed by atoms with Crippen LogP contribution in [0.1, 0.15) is 5.56 Å². The first kappa shape index (κ1) is 11.1. The van der Waals surface area contributed by atoms with E-state index in [0.29, 0.717) is 5.75 Å². The summed E-state index contributed by atoms with van der Waals surface area (Å²) in [5.74, 6) is 2.79. The van der Waals surface area contributed by atoms with Crippen molar-refractivity contribution >= 4 is 5.91 Å². The molecule has 1 N–H and O–H groups in total. The number of aryl methyl sites for hydroxylation is 1. The summed E-state index contributed by atoms with van der Waals surface area (Å²) in [4.78, 5) is 11.1. The van der Waals surface area contributed by atoms with Crippen LogP contribution in [0.2, 0.25) is 0 Å². The molecule has 1 aromatic carbocycles. The van der Waals surface area contributed by atoms with E-state index in [2.05, 4.69) is 11.2 Å². The SMILES string of the molecule is C#CCNC(=O)COc1cccc(C)c1. The largest absolute Gasteiger partial charge is 0.484 e. The van der Waals surface area contributed by atoms with E-state index in [1.807, 2.05) is 31.2 Å². The fraction of sp³-hybridized carbons (Fsp3) is 0.250. The first-order valence-electron chi connectivity index (χ1n) is 4.62. The van der Waals surface area contributed by atoms with E-state index in [1.165, 1.54) is 0 Å². The molecule has 1 amide bonds. The maximum Gasteiger partial charge on any atom is 0.258 e. The molecule has 15 heavy (non-hydrogen) atoms. The normalized spacial score (nSPS) is 9.07. The zero-order valence-electron chi connectivity index (χ0n) is 8.62. The maximum atomic E-state index is 11.1. The first-order chi connectivity index (χ1) is 7.22. The molecule has 0 spiro atoms. The highest BCUT2D eigenvalue weighted by Gasteiger charge is 2.00. The highest BCUT2D eigenvalue weighted by atomic mass is 16.5. The number of hydrogen-bond acceptors (Lipinski definition) is 2. The Bertz CT molecular complexity index is 379. The van der Waals surface area contributed by atoms with Crippen LogP contribution in [0, 0.1) is 19.3 Å². The Balaban J connectivity index is 2.37. The first-order valence-corrected chi connectivity index (χ1v) is 4.62. The van der Waals surface area contributed by atoms with Crippen LogP contribution in [0.5, 0.6) is 5.75 Å². The van der Waals surface area contributed by atoms with Gasteiger partial charge in [0.05, 0.1) is 6.54 Å². The molecule has 1 rings (SSSR count). The number of terminal acetylenes is 1. The van der Waals surface area contributed by atoms with Gasteiger partial charge in [0.2, 0.25) is 0 Å². The summed E-state index contributed by atoms with van der Waals surface area (Å²) in [6, 6.07) is 7.52. The van der Waals surface area contributed by atoms with Crippen LogP contribution in [-0.4, -0.2) is 19.1 Å². The quantitative estimate of drug-likeness (QED) is 0.745. The van der Waals surface area contributed by atoms with Gasteiger partial charge in [0.15, 0.2) is 6.61 Å². The van der Waals surface area contributed by atoms with E-state index in [9.17, 15) is 4.79 Å². The molecule has 3 nitrogen and oxygen atoms in total. The zero-order valence-corrected chi connectivity index (χ0v) is 8.62. The molecular formula is C12H13NO2. The molecule has 3 heteroatoms. The van der Waals surface area contributed by atoms with Crippen molar-refractivity contribution in [1.29, 1.82) is 0 Å². The van der Waals surface area contributed by atoms with Crippen LogP contribution >= 0.6 is 0 Å². The van der Waals surface area contributed by atoms with Crippen molar-refractivity contribution in [1.82, 2.24) is 5.32 Å². The number of hydrogen-bond donors (Lipinski definition) is 1. The zero-order chi connectivity index (χ0) is 11.1. The van der Waals surface area contributed by atoms with E-state index < -0.39 is 0 Å². The Kier molecular flexibility index (Phi) is 4.24. The number of benzene rings is 1. The second kappa shape index (κ2) is 5.71. The van der Waals surface area contributed by atoms with Gasteiger partial charge >= 0.3 is 0 Å². The van der Waals surface area contributed by atoms with Crippen molar-refractivity contribution < 1.29 is 9.53 Å². The molecule has 0 bridgehead atoms. The fourth-order valence-corrected chi connectivity index (χ4v) is 1.05. The van der Waals surface area contributed by atoms with Gasteiger partial charge in [-0.15, -0.1) is 6.42 Å². The molecule has 1 aromatic rings. The smallest absolute Gasteiger partial charge is 0.258 e. The lowest BCUT2D eigenvalue weighted by molar-refractivity contribution is -0.122. The molecule has 0 saturated carbocycles. The second-order valence-corrected chi connectivity index (χ2v) is 3.09. The lowest BCUT2D eigenvalue weighted by Crippen LogP contribution is -2.29. The molecular weight excluding hydrogens is 190 g/mol. The lowest BCUT2D eigenvalue weighted by Gasteiger charge is -2.06. The van der Waals surface area contributed by atoms with Gasteiger partial charge in [0.1, 0.15) is 5.75 Å². The van der Waals surface area contributed by atoms with Gasteiger partial charge in [0, 0.05) is 0 Å². The fourth-order valence-electron chi connectivity index (χ4n) is 1.05. The van der Waals surface area contributed by atoms with Gasteiger partial charge in [-0.2, -0.15) is 0 Å². The predicted octanol–water partition coefficient (Wildman–Crippen LogP) is 1.12. The summed E-state index contributed by atoms with van der Waals surface area (Å²) < 4.78 is 5.27. The third-order valence-electron chi connectivity index (χ3n) is 1.75. The molecule has 0 heterocycles. The molecule has 0 saturated heterocycles. The number of nitrogens with one attached hydrogen (secondary N) is 1. The van der Waals surface area contributed by atoms with Crippen molar-refractivity contribution in [3.05, 3.63) is 29.8 Å². The minimum absolute atomic E-state index is 0.00880. The molecule has 0 unspecified atom stereocenters. The summed E-state index contributed by atoms with van der Waals surface area (Å²) in [5.41, 5.74) is 1.09. The molecule has 0 atom stereocenters. The van der Waals surface area contributed by atoms with E-state index in [4.69, 9.17) is 11.2 Å². The summed E-state index contributed by atoms with van der Waals surface area (Å²) in [6.07, 6.45) is 5.00. The summed E-state index contributed by atoms with van der Waals surface area (Å²) in [5, 5.41) is 2.52. The van der Waals surface area contributed by atoms with E-state index >= 15 is 0 Å². The lowest BCUT2D eigenvalue weighted by atomic mass is 10.2. The van der Waals surface area contributed by atoms with Gasteiger partial charge in [-0.05, 0) is 24.6 Å². The predicted molar refractivity (Wildman–Crippen MR) is 58.5 cm³/mol. The van der Waals surface area contributed by atoms with Crippen LogP contribution in [0.3, 0.4) is 0 Å². The molecule has 78 valence electrons. The number of rotatable bonds is 4. The summed E-state index contributed by atoms with van der Waals surface area (Å²) in [6.45, 7) is 2.19. The van der Waals surface area contributed by atoms with Gasteiger partial charge in [-0.3, -0.25) is 4.79 Å². The minimum atomic E-state index is -0.213. The van der Waals surface area contributed by atoms with Crippen molar-refractivity contribution in [3.8, 4) is 18.1 Å². The highest BCUT2D eigenvalue weighted by molar-refractivity contribution is 5.77. The Morgan fingerprint density at radius 2 is 2.40 bits per heavy atom. The van der Waals surface area contributed by atoms with Gasteiger partial charge < -0.3 is 10.1 Å². The Morgan fingerprint density at radius 1 is 1.60 bits per heavy atom. The maximum absolute atomic E-state index is 11.1. The topological polar surface area (TPSA) is 38.3 Å². The third kappa shape index (κ3) is 4.19. The standard InChI is InChI=1S/C12H13NO2/c1-3-7-13-12(14)9-15-11-6-4-5-10(2)8-11/h1,4-6,8H,7,9H2,2H3,(H,13,14). The Labute approximate surface area is 89.4 Å². The molecule has 0 aliphatic rings. The van der Waals surface area contributed by atoms with Gasteiger partial charge in [-0.25, -0.2) is 0 Å². The van der Waals surface area contributed by atoms with E-state index in [1.54, 1.807) is 0 Å². The van der Waals surface area contributed by atoms with Crippen molar-refractivity contribution in [2.24, 2.45) is 0 Å². The number of ether oxygens (including phenoxy) is 1. The van der Waals surface area contributed by atoms with Gasteiger partial charge in [-0.1, -0.05) is 18.1 Å². The van der Waals surface area contributed by atoms with Crippen molar-refractivity contribution in [2.75, 3.05) is 13.2 Å². The average molecular weight is 203 g/mol. The monoisotopic (exact) mass is 203 g/mol.